The van der Waals surface area contributed by atoms with Crippen molar-refractivity contribution in [1.82, 2.24) is 10.2 Å². The van der Waals surface area contributed by atoms with Crippen molar-refractivity contribution in [3.05, 3.63) is 35.4 Å². The Bertz CT molecular complexity index is 664. The Morgan fingerprint density at radius 3 is 2.50 bits per heavy atom. The number of hydrogen-bond donors (Lipinski definition) is 1. The maximum Gasteiger partial charge on any atom is 0.223 e. The number of fused-ring (bicyclic) bond motifs is 1. The van der Waals surface area contributed by atoms with Gasteiger partial charge in [0.15, 0.2) is 5.78 Å². The highest BCUT2D eigenvalue weighted by molar-refractivity contribution is 5.91. The van der Waals surface area contributed by atoms with Crippen molar-refractivity contribution in [2.45, 2.75) is 77.8 Å². The van der Waals surface area contributed by atoms with Crippen LogP contribution in [0.25, 0.3) is 0 Å². The topological polar surface area (TPSA) is 49.4 Å². The fourth-order valence-electron chi connectivity index (χ4n) is 4.63. The van der Waals surface area contributed by atoms with Crippen LogP contribution in [0.4, 0.5) is 0 Å². The predicted octanol–water partition coefficient (Wildman–Crippen LogP) is 4.12. The molecule has 4 heteroatoms. The number of carbonyl (C=O) groups is 2. The predicted molar refractivity (Wildman–Crippen MR) is 113 cm³/mol. The number of nitrogens with zero attached hydrogens (tertiary/aromatic N) is 1. The molecule has 1 heterocycles. The van der Waals surface area contributed by atoms with Crippen LogP contribution in [0.1, 0.15) is 69.9 Å². The zero-order valence-electron chi connectivity index (χ0n) is 17.6. The molecule has 0 bridgehead atoms. The first-order valence-electron chi connectivity index (χ1n) is 11.1. The highest BCUT2D eigenvalue weighted by atomic mass is 16.2. The van der Waals surface area contributed by atoms with E-state index >= 15 is 0 Å². The van der Waals surface area contributed by atoms with Crippen LogP contribution < -0.4 is 5.32 Å². The second-order valence-corrected chi connectivity index (χ2v) is 9.07. The van der Waals surface area contributed by atoms with Crippen molar-refractivity contribution >= 4 is 11.7 Å². The monoisotopic (exact) mass is 384 g/mol. The van der Waals surface area contributed by atoms with Crippen LogP contribution in [0.3, 0.4) is 0 Å². The molecule has 1 aromatic rings. The standard InChI is InChI=1S/C24H36N2O2/c1-18(2)15-22(25-24(28)20-10-4-3-5-11-20)23(27)17-26-14-8-13-19-9-6-7-12-21(19)16-26/h6-7,9,12,18,20,22H,3-5,8,10-11,13-17H2,1-2H3,(H,25,28)/t22-/m0/s1. The summed E-state index contributed by atoms with van der Waals surface area (Å²) in [6, 6.07) is 8.20. The van der Waals surface area contributed by atoms with E-state index in [2.05, 4.69) is 48.3 Å². The fourth-order valence-corrected chi connectivity index (χ4v) is 4.63. The summed E-state index contributed by atoms with van der Waals surface area (Å²) in [5.74, 6) is 0.740. The quantitative estimate of drug-likeness (QED) is 0.769. The van der Waals surface area contributed by atoms with Crippen LogP contribution in [-0.4, -0.2) is 35.7 Å². The molecule has 4 nitrogen and oxygen atoms in total. The number of nitrogens with one attached hydrogen (secondary N) is 1. The van der Waals surface area contributed by atoms with Gasteiger partial charge in [-0.1, -0.05) is 57.4 Å². The van der Waals surface area contributed by atoms with Gasteiger partial charge < -0.3 is 5.32 Å². The van der Waals surface area contributed by atoms with Gasteiger partial charge in [-0.05, 0) is 55.7 Å². The number of aryl methyl sites for hydroxylation is 1. The normalized spacial score (nSPS) is 19.7. The molecular weight excluding hydrogens is 348 g/mol. The zero-order valence-corrected chi connectivity index (χ0v) is 17.6. The molecule has 154 valence electrons. The molecule has 1 aliphatic heterocycles. The van der Waals surface area contributed by atoms with Crippen LogP contribution in [0.5, 0.6) is 0 Å². The molecule has 0 radical (unpaired) electrons. The lowest BCUT2D eigenvalue weighted by molar-refractivity contribution is -0.131. The molecule has 28 heavy (non-hydrogen) atoms. The van der Waals surface area contributed by atoms with Crippen LogP contribution in [-0.2, 0) is 22.6 Å². The van der Waals surface area contributed by atoms with Gasteiger partial charge in [0, 0.05) is 12.5 Å². The van der Waals surface area contributed by atoms with E-state index in [1.54, 1.807) is 0 Å². The third kappa shape index (κ3) is 5.91. The minimum atomic E-state index is -0.354. The maximum absolute atomic E-state index is 13.1. The van der Waals surface area contributed by atoms with Crippen molar-refractivity contribution in [1.29, 1.82) is 0 Å². The van der Waals surface area contributed by atoms with E-state index in [9.17, 15) is 9.59 Å². The van der Waals surface area contributed by atoms with Crippen LogP contribution in [0, 0.1) is 11.8 Å². The van der Waals surface area contributed by atoms with Crippen molar-refractivity contribution in [3.8, 4) is 0 Å². The molecule has 1 aliphatic carbocycles. The zero-order chi connectivity index (χ0) is 19.9. The van der Waals surface area contributed by atoms with Gasteiger partial charge in [-0.15, -0.1) is 0 Å². The summed E-state index contributed by atoms with van der Waals surface area (Å²) in [5.41, 5.74) is 2.74. The van der Waals surface area contributed by atoms with Crippen LogP contribution >= 0.6 is 0 Å². The van der Waals surface area contributed by atoms with Gasteiger partial charge in [0.25, 0.3) is 0 Å². The maximum atomic E-state index is 13.1. The van der Waals surface area contributed by atoms with Crippen molar-refractivity contribution in [2.24, 2.45) is 11.8 Å². The Hall–Kier alpha value is -1.68. The number of rotatable bonds is 7. The van der Waals surface area contributed by atoms with Gasteiger partial charge in [-0.25, -0.2) is 0 Å². The first-order valence-corrected chi connectivity index (χ1v) is 11.1. The van der Waals surface area contributed by atoms with E-state index in [0.717, 1.165) is 58.0 Å². The molecule has 1 aromatic carbocycles. The van der Waals surface area contributed by atoms with Crippen LogP contribution in [0.15, 0.2) is 24.3 Å². The van der Waals surface area contributed by atoms with E-state index in [1.165, 1.54) is 17.5 Å². The highest BCUT2D eigenvalue weighted by Crippen LogP contribution is 2.24. The molecule has 1 fully saturated rings. The van der Waals surface area contributed by atoms with Gasteiger partial charge in [-0.3, -0.25) is 14.5 Å². The Morgan fingerprint density at radius 1 is 1.07 bits per heavy atom. The Morgan fingerprint density at radius 2 is 1.79 bits per heavy atom. The molecule has 1 N–H and O–H groups in total. The van der Waals surface area contributed by atoms with Gasteiger partial charge in [0.1, 0.15) is 0 Å². The first kappa shape index (κ1) is 21.0. The minimum absolute atomic E-state index is 0.0971. The first-order chi connectivity index (χ1) is 13.5. The number of hydrogen-bond acceptors (Lipinski definition) is 3. The lowest BCUT2D eigenvalue weighted by Crippen LogP contribution is -2.48. The Labute approximate surface area is 170 Å². The number of amides is 1. The number of benzene rings is 1. The summed E-state index contributed by atoms with van der Waals surface area (Å²) in [7, 11) is 0. The summed E-state index contributed by atoms with van der Waals surface area (Å²) < 4.78 is 0. The van der Waals surface area contributed by atoms with Crippen molar-refractivity contribution in [2.75, 3.05) is 13.1 Å². The van der Waals surface area contributed by atoms with E-state index in [1.807, 2.05) is 0 Å². The summed E-state index contributed by atoms with van der Waals surface area (Å²) in [6.07, 6.45) is 8.31. The van der Waals surface area contributed by atoms with Crippen LogP contribution in [0.2, 0.25) is 0 Å². The molecule has 0 saturated heterocycles. The van der Waals surface area contributed by atoms with Gasteiger partial charge in [0.2, 0.25) is 5.91 Å². The van der Waals surface area contributed by atoms with Gasteiger partial charge >= 0.3 is 0 Å². The third-order valence-electron chi connectivity index (χ3n) is 6.20. The number of ketones is 1. The number of Topliss-reactive ketones (excluding diaryl/α,β-unsaturated/α-hetero) is 1. The fraction of sp³-hybridized carbons (Fsp3) is 0.667. The lowest BCUT2D eigenvalue weighted by atomic mass is 9.88. The molecule has 2 aliphatic rings. The molecule has 1 atom stereocenters. The molecule has 1 amide bonds. The average molecular weight is 385 g/mol. The Balaban J connectivity index is 1.61. The highest BCUT2D eigenvalue weighted by Gasteiger charge is 2.28. The van der Waals surface area contributed by atoms with E-state index in [4.69, 9.17) is 0 Å². The number of carbonyl (C=O) groups excluding carboxylic acids is 2. The summed E-state index contributed by atoms with van der Waals surface area (Å²) in [5, 5.41) is 3.13. The molecular formula is C24H36N2O2. The summed E-state index contributed by atoms with van der Waals surface area (Å²) in [4.78, 5) is 28.1. The van der Waals surface area contributed by atoms with E-state index in [-0.39, 0.29) is 23.7 Å². The molecule has 0 spiro atoms. The van der Waals surface area contributed by atoms with Gasteiger partial charge in [-0.2, -0.15) is 0 Å². The second-order valence-electron chi connectivity index (χ2n) is 9.07. The third-order valence-corrected chi connectivity index (χ3v) is 6.20. The lowest BCUT2D eigenvalue weighted by Gasteiger charge is -2.27. The molecule has 0 aromatic heterocycles. The van der Waals surface area contributed by atoms with E-state index in [0.29, 0.717) is 12.5 Å². The second kappa shape index (κ2) is 10.2. The van der Waals surface area contributed by atoms with Gasteiger partial charge in [0.05, 0.1) is 12.6 Å². The molecule has 3 rings (SSSR count). The SMILES string of the molecule is CC(C)C[C@H](NC(=O)C1CCCCC1)C(=O)CN1CCCc2ccccc2C1. The minimum Gasteiger partial charge on any atom is -0.346 e. The van der Waals surface area contributed by atoms with Crippen molar-refractivity contribution in [3.63, 3.8) is 0 Å². The smallest absolute Gasteiger partial charge is 0.223 e. The molecule has 1 saturated carbocycles. The largest absolute Gasteiger partial charge is 0.346 e. The summed E-state index contributed by atoms with van der Waals surface area (Å²) in [6.45, 7) is 6.43. The Kier molecular flexibility index (Phi) is 7.66. The van der Waals surface area contributed by atoms with Crippen molar-refractivity contribution < 1.29 is 9.59 Å². The molecule has 0 unspecified atom stereocenters. The summed E-state index contributed by atoms with van der Waals surface area (Å²) >= 11 is 0. The van der Waals surface area contributed by atoms with E-state index < -0.39 is 0 Å². The average Bonchev–Trinajstić information content (AvgIpc) is 2.89.